The van der Waals surface area contributed by atoms with E-state index in [1.165, 1.54) is 14.2 Å². The fourth-order valence-electron chi connectivity index (χ4n) is 0.982. The van der Waals surface area contributed by atoms with E-state index in [0.717, 1.165) is 0 Å². The normalized spacial score (nSPS) is 13.3. The van der Waals surface area contributed by atoms with Gasteiger partial charge in [-0.05, 0) is 5.92 Å². The lowest BCUT2D eigenvalue weighted by Crippen LogP contribution is -2.38. The van der Waals surface area contributed by atoms with Gasteiger partial charge >= 0.3 is 0 Å². The molecule has 0 saturated carbocycles. The molecule has 0 radical (unpaired) electrons. The highest BCUT2D eigenvalue weighted by atomic mass is 16.7. The molecule has 0 aliphatic carbocycles. The van der Waals surface area contributed by atoms with Crippen LogP contribution in [0.3, 0.4) is 0 Å². The van der Waals surface area contributed by atoms with Gasteiger partial charge in [-0.2, -0.15) is 0 Å². The Labute approximate surface area is 91.3 Å². The number of methoxy groups -OCH3 is 2. The first-order valence-electron chi connectivity index (χ1n) is 5.09. The monoisotopic (exact) mass is 218 g/mol. The zero-order valence-corrected chi connectivity index (χ0v) is 9.95. The van der Waals surface area contributed by atoms with Crippen LogP contribution in [-0.2, 0) is 14.3 Å². The first kappa shape index (κ1) is 14.3. The standard InChI is InChI=1S/C10H22N2O3/c1-7(2)8(11)5-9(13)12-6-10(14-3)15-4/h7-8,10H,5-6,11H2,1-4H3,(H,12,13). The first-order chi connectivity index (χ1) is 7.01. The lowest BCUT2D eigenvalue weighted by Gasteiger charge is -2.17. The molecule has 0 heterocycles. The summed E-state index contributed by atoms with van der Waals surface area (Å²) in [6.45, 7) is 4.33. The molecule has 15 heavy (non-hydrogen) atoms. The van der Waals surface area contributed by atoms with E-state index in [0.29, 0.717) is 18.9 Å². The van der Waals surface area contributed by atoms with Crippen molar-refractivity contribution < 1.29 is 14.3 Å². The predicted molar refractivity (Wildman–Crippen MR) is 58.2 cm³/mol. The minimum atomic E-state index is -0.399. The number of hydrogen-bond donors (Lipinski definition) is 2. The fourth-order valence-corrected chi connectivity index (χ4v) is 0.982. The molecule has 1 amide bonds. The van der Waals surface area contributed by atoms with Crippen molar-refractivity contribution in [3.8, 4) is 0 Å². The Morgan fingerprint density at radius 2 is 1.87 bits per heavy atom. The first-order valence-corrected chi connectivity index (χ1v) is 5.09. The number of nitrogens with one attached hydrogen (secondary N) is 1. The van der Waals surface area contributed by atoms with Gasteiger partial charge in [0.05, 0.1) is 6.54 Å². The molecule has 0 aliphatic rings. The average Bonchev–Trinajstić information content (AvgIpc) is 2.19. The highest BCUT2D eigenvalue weighted by molar-refractivity contribution is 5.76. The van der Waals surface area contributed by atoms with E-state index in [-0.39, 0.29) is 11.9 Å². The van der Waals surface area contributed by atoms with Crippen molar-refractivity contribution in [1.29, 1.82) is 0 Å². The highest BCUT2D eigenvalue weighted by Gasteiger charge is 2.14. The van der Waals surface area contributed by atoms with Crippen molar-refractivity contribution in [3.63, 3.8) is 0 Å². The Morgan fingerprint density at radius 3 is 2.27 bits per heavy atom. The predicted octanol–water partition coefficient (Wildman–Crippen LogP) is 0.0949. The van der Waals surface area contributed by atoms with Crippen molar-refractivity contribution in [2.45, 2.75) is 32.6 Å². The van der Waals surface area contributed by atoms with Crippen LogP contribution in [0.25, 0.3) is 0 Å². The van der Waals surface area contributed by atoms with Crippen LogP contribution < -0.4 is 11.1 Å². The maximum atomic E-state index is 11.4. The van der Waals surface area contributed by atoms with Crippen LogP contribution in [0.2, 0.25) is 0 Å². The summed E-state index contributed by atoms with van der Waals surface area (Å²) in [4.78, 5) is 11.4. The second-order valence-corrected chi connectivity index (χ2v) is 3.82. The van der Waals surface area contributed by atoms with Crippen LogP contribution in [0, 0.1) is 5.92 Å². The molecule has 0 aromatic heterocycles. The second-order valence-electron chi connectivity index (χ2n) is 3.82. The minimum Gasteiger partial charge on any atom is -0.354 e. The maximum absolute atomic E-state index is 11.4. The molecule has 0 spiro atoms. The van der Waals surface area contributed by atoms with Crippen molar-refractivity contribution in [3.05, 3.63) is 0 Å². The van der Waals surface area contributed by atoms with Gasteiger partial charge in [-0.25, -0.2) is 0 Å². The minimum absolute atomic E-state index is 0.0738. The Bertz CT molecular complexity index is 182. The molecule has 0 aromatic carbocycles. The molecular formula is C10H22N2O3. The molecule has 0 aliphatic heterocycles. The summed E-state index contributed by atoms with van der Waals surface area (Å²) in [5.41, 5.74) is 5.77. The summed E-state index contributed by atoms with van der Waals surface area (Å²) >= 11 is 0. The van der Waals surface area contributed by atoms with Crippen molar-refractivity contribution in [1.82, 2.24) is 5.32 Å². The van der Waals surface area contributed by atoms with Crippen LogP contribution in [0.4, 0.5) is 0 Å². The third kappa shape index (κ3) is 6.43. The van der Waals surface area contributed by atoms with E-state index in [4.69, 9.17) is 15.2 Å². The van der Waals surface area contributed by atoms with Crippen LogP contribution in [0.5, 0.6) is 0 Å². The maximum Gasteiger partial charge on any atom is 0.221 e. The molecule has 5 heteroatoms. The molecule has 0 bridgehead atoms. The van der Waals surface area contributed by atoms with Gasteiger partial charge in [0.1, 0.15) is 0 Å². The van der Waals surface area contributed by atoms with Gasteiger partial charge in [-0.1, -0.05) is 13.8 Å². The Balaban J connectivity index is 3.74. The van der Waals surface area contributed by atoms with Gasteiger partial charge in [0.15, 0.2) is 6.29 Å². The molecule has 90 valence electrons. The number of hydrogen-bond acceptors (Lipinski definition) is 4. The van der Waals surface area contributed by atoms with Crippen molar-refractivity contribution >= 4 is 5.91 Å². The van der Waals surface area contributed by atoms with E-state index in [2.05, 4.69) is 5.32 Å². The molecular weight excluding hydrogens is 196 g/mol. The van der Waals surface area contributed by atoms with E-state index >= 15 is 0 Å². The van der Waals surface area contributed by atoms with Crippen molar-refractivity contribution in [2.75, 3.05) is 20.8 Å². The zero-order chi connectivity index (χ0) is 11.8. The topological polar surface area (TPSA) is 73.6 Å². The van der Waals surface area contributed by atoms with Gasteiger partial charge in [-0.15, -0.1) is 0 Å². The number of carbonyl (C=O) groups is 1. The Morgan fingerprint density at radius 1 is 1.33 bits per heavy atom. The third-order valence-corrected chi connectivity index (χ3v) is 2.27. The quantitative estimate of drug-likeness (QED) is 0.594. The summed E-state index contributed by atoms with van der Waals surface area (Å²) in [6, 6.07) is -0.103. The smallest absolute Gasteiger partial charge is 0.221 e. The summed E-state index contributed by atoms with van der Waals surface area (Å²) in [6.07, 6.45) is -0.0677. The van der Waals surface area contributed by atoms with Crippen molar-refractivity contribution in [2.24, 2.45) is 11.7 Å². The zero-order valence-electron chi connectivity index (χ0n) is 9.95. The fraction of sp³-hybridized carbons (Fsp3) is 0.900. The van der Waals surface area contributed by atoms with Crippen LogP contribution >= 0.6 is 0 Å². The van der Waals surface area contributed by atoms with E-state index in [1.54, 1.807) is 0 Å². The molecule has 0 fully saturated rings. The van der Waals surface area contributed by atoms with Crippen LogP contribution in [0.1, 0.15) is 20.3 Å². The summed E-state index contributed by atoms with van der Waals surface area (Å²) in [5, 5.41) is 2.70. The summed E-state index contributed by atoms with van der Waals surface area (Å²) in [5.74, 6) is 0.228. The van der Waals surface area contributed by atoms with Gasteiger partial charge in [-0.3, -0.25) is 4.79 Å². The number of nitrogens with two attached hydrogens (primary N) is 1. The molecule has 1 atom stereocenters. The highest BCUT2D eigenvalue weighted by Crippen LogP contribution is 2.02. The lowest BCUT2D eigenvalue weighted by atomic mass is 10.0. The lowest BCUT2D eigenvalue weighted by molar-refractivity contribution is -0.127. The summed E-state index contributed by atoms with van der Waals surface area (Å²) in [7, 11) is 3.06. The molecule has 0 rings (SSSR count). The largest absolute Gasteiger partial charge is 0.354 e. The van der Waals surface area contributed by atoms with Gasteiger partial charge in [0.2, 0.25) is 5.91 Å². The Hall–Kier alpha value is -0.650. The number of ether oxygens (including phenoxy) is 2. The van der Waals surface area contributed by atoms with E-state index in [1.807, 2.05) is 13.8 Å². The van der Waals surface area contributed by atoms with Gasteiger partial charge in [0.25, 0.3) is 0 Å². The SMILES string of the molecule is COC(CNC(=O)CC(N)C(C)C)OC. The molecule has 1 unspecified atom stereocenters. The Kier molecular flexibility index (Phi) is 7.29. The third-order valence-electron chi connectivity index (χ3n) is 2.27. The van der Waals surface area contributed by atoms with E-state index in [9.17, 15) is 4.79 Å². The summed E-state index contributed by atoms with van der Waals surface area (Å²) < 4.78 is 9.87. The number of amides is 1. The molecule has 0 saturated heterocycles. The molecule has 3 N–H and O–H groups in total. The van der Waals surface area contributed by atoms with Gasteiger partial charge < -0.3 is 20.5 Å². The second kappa shape index (κ2) is 7.62. The number of carbonyl (C=O) groups excluding carboxylic acids is 1. The van der Waals surface area contributed by atoms with Crippen LogP contribution in [0.15, 0.2) is 0 Å². The van der Waals surface area contributed by atoms with Gasteiger partial charge in [0, 0.05) is 26.7 Å². The van der Waals surface area contributed by atoms with E-state index < -0.39 is 6.29 Å². The average molecular weight is 218 g/mol. The molecule has 0 aromatic rings. The molecule has 5 nitrogen and oxygen atoms in total. The number of rotatable bonds is 7. The van der Waals surface area contributed by atoms with Crippen LogP contribution in [-0.4, -0.2) is 39.0 Å².